The Morgan fingerprint density at radius 2 is 1.83 bits per heavy atom. The van der Waals surface area contributed by atoms with Crippen LogP contribution in [0.15, 0.2) is 12.1 Å². The molecule has 0 saturated heterocycles. The van der Waals surface area contributed by atoms with Crippen molar-refractivity contribution in [3.05, 3.63) is 28.8 Å². The van der Waals surface area contributed by atoms with E-state index >= 15 is 0 Å². The predicted octanol–water partition coefficient (Wildman–Crippen LogP) is 1.91. The van der Waals surface area contributed by atoms with Crippen LogP contribution >= 0.6 is 0 Å². The Labute approximate surface area is 143 Å². The van der Waals surface area contributed by atoms with Crippen molar-refractivity contribution in [1.29, 1.82) is 0 Å². The number of nitrogens with zero attached hydrogens (tertiary/aromatic N) is 1. The number of carbonyl (C=O) groups is 2. The summed E-state index contributed by atoms with van der Waals surface area (Å²) in [4.78, 5) is 26.5. The zero-order valence-corrected chi connectivity index (χ0v) is 15.1. The van der Waals surface area contributed by atoms with Crippen LogP contribution in [0, 0.1) is 20.8 Å². The summed E-state index contributed by atoms with van der Waals surface area (Å²) in [6.45, 7) is 7.26. The molecule has 0 aliphatic heterocycles. The number of ether oxygens (including phenoxy) is 2. The molecule has 0 fully saturated rings. The van der Waals surface area contributed by atoms with E-state index in [9.17, 15) is 14.7 Å². The number of esters is 1. The fourth-order valence-electron chi connectivity index (χ4n) is 2.67. The van der Waals surface area contributed by atoms with Crippen molar-refractivity contribution in [3.8, 4) is 0 Å². The van der Waals surface area contributed by atoms with Gasteiger partial charge in [0, 0.05) is 20.1 Å². The summed E-state index contributed by atoms with van der Waals surface area (Å²) in [5.74, 6) is -0.878. The van der Waals surface area contributed by atoms with Crippen LogP contribution in [0.3, 0.4) is 0 Å². The van der Waals surface area contributed by atoms with Crippen LogP contribution in [-0.2, 0) is 19.1 Å². The Balaban J connectivity index is 3.47. The van der Waals surface area contributed by atoms with Crippen molar-refractivity contribution in [3.63, 3.8) is 0 Å². The molecule has 24 heavy (non-hydrogen) atoms. The third kappa shape index (κ3) is 4.55. The summed E-state index contributed by atoms with van der Waals surface area (Å²) < 4.78 is 10.1. The number of hydrogen-bond donors (Lipinski definition) is 1. The van der Waals surface area contributed by atoms with Gasteiger partial charge < -0.3 is 14.6 Å². The van der Waals surface area contributed by atoms with Gasteiger partial charge >= 0.3 is 5.97 Å². The highest BCUT2D eigenvalue weighted by Crippen LogP contribution is 2.30. The summed E-state index contributed by atoms with van der Waals surface area (Å²) in [5.41, 5.74) is 3.46. The van der Waals surface area contributed by atoms with E-state index in [1.807, 2.05) is 32.9 Å². The smallest absolute Gasteiger partial charge is 0.329 e. The molecule has 1 aromatic carbocycles. The van der Waals surface area contributed by atoms with Gasteiger partial charge in [0.2, 0.25) is 0 Å². The van der Waals surface area contributed by atoms with Crippen molar-refractivity contribution in [1.82, 2.24) is 0 Å². The second-order valence-corrected chi connectivity index (χ2v) is 5.65. The molecule has 6 nitrogen and oxygen atoms in total. The molecular weight excluding hydrogens is 310 g/mol. The highest BCUT2D eigenvalue weighted by molar-refractivity contribution is 6.01. The first-order valence-electron chi connectivity index (χ1n) is 8.04. The van der Waals surface area contributed by atoms with Crippen molar-refractivity contribution in [2.24, 2.45) is 0 Å². The number of aliphatic hydroxyl groups is 1. The average Bonchev–Trinajstić information content (AvgIpc) is 2.54. The fraction of sp³-hybridized carbons (Fsp3) is 0.556. The number of carbonyl (C=O) groups excluding carboxylic acids is 2. The lowest BCUT2D eigenvalue weighted by atomic mass is 10.00. The predicted molar refractivity (Wildman–Crippen MR) is 92.1 cm³/mol. The minimum Gasteiger partial charge on any atom is -0.464 e. The minimum atomic E-state index is -0.892. The lowest BCUT2D eigenvalue weighted by Gasteiger charge is -2.32. The monoisotopic (exact) mass is 337 g/mol. The highest BCUT2D eigenvalue weighted by Gasteiger charge is 2.33. The maximum atomic E-state index is 12.7. The lowest BCUT2D eigenvalue weighted by Crippen LogP contribution is -2.48. The molecule has 1 rings (SSSR count). The first kappa shape index (κ1) is 20.1. The number of anilines is 1. The van der Waals surface area contributed by atoms with E-state index in [1.165, 1.54) is 12.0 Å². The van der Waals surface area contributed by atoms with Gasteiger partial charge in [0.25, 0.3) is 5.91 Å². The van der Waals surface area contributed by atoms with Gasteiger partial charge in [-0.15, -0.1) is 0 Å². The van der Waals surface area contributed by atoms with E-state index in [0.29, 0.717) is 5.69 Å². The zero-order chi connectivity index (χ0) is 18.3. The van der Waals surface area contributed by atoms with E-state index in [4.69, 9.17) is 9.47 Å². The Morgan fingerprint density at radius 3 is 2.38 bits per heavy atom. The van der Waals surface area contributed by atoms with E-state index in [0.717, 1.165) is 16.7 Å². The molecule has 1 unspecified atom stereocenters. The third-order valence-electron chi connectivity index (χ3n) is 3.95. The van der Waals surface area contributed by atoms with Crippen molar-refractivity contribution in [2.45, 2.75) is 40.2 Å². The molecule has 0 aliphatic carbocycles. The molecule has 0 radical (unpaired) electrons. The number of aliphatic hydroxyl groups excluding tert-OH is 1. The van der Waals surface area contributed by atoms with E-state index in [2.05, 4.69) is 0 Å². The van der Waals surface area contributed by atoms with Crippen molar-refractivity contribution in [2.75, 3.05) is 31.8 Å². The molecule has 134 valence electrons. The van der Waals surface area contributed by atoms with E-state index in [-0.39, 0.29) is 32.1 Å². The van der Waals surface area contributed by atoms with Crippen LogP contribution in [0.5, 0.6) is 0 Å². The second-order valence-electron chi connectivity index (χ2n) is 5.65. The lowest BCUT2D eigenvalue weighted by molar-refractivity contribution is -0.146. The molecule has 0 spiro atoms. The largest absolute Gasteiger partial charge is 0.464 e. The molecule has 0 heterocycles. The number of amides is 1. The summed E-state index contributed by atoms with van der Waals surface area (Å²) in [6, 6.07) is 2.99. The van der Waals surface area contributed by atoms with Gasteiger partial charge in [0.15, 0.2) is 0 Å². The van der Waals surface area contributed by atoms with Gasteiger partial charge in [-0.1, -0.05) is 12.1 Å². The molecule has 1 N–H and O–H groups in total. The van der Waals surface area contributed by atoms with Crippen LogP contribution in [0.25, 0.3) is 0 Å². The SMILES string of the molecule is CCOC(=O)C(CCO)N(C(=O)COC)c1c(C)ccc(C)c1C. The summed E-state index contributed by atoms with van der Waals surface area (Å²) in [5, 5.41) is 9.38. The average molecular weight is 337 g/mol. The Bertz CT molecular complexity index is 585. The zero-order valence-electron chi connectivity index (χ0n) is 15.1. The molecule has 0 saturated carbocycles. The molecule has 1 amide bonds. The van der Waals surface area contributed by atoms with Gasteiger partial charge in [0.1, 0.15) is 12.6 Å². The van der Waals surface area contributed by atoms with Crippen LogP contribution in [0.2, 0.25) is 0 Å². The first-order chi connectivity index (χ1) is 11.4. The maximum absolute atomic E-state index is 12.7. The van der Waals surface area contributed by atoms with Crippen molar-refractivity contribution >= 4 is 17.6 Å². The standard InChI is InChI=1S/C18H27NO5/c1-6-24-18(22)15(9-10-20)19(16(21)11-23-5)17-13(3)8-7-12(2)14(17)4/h7-8,15,20H,6,9-11H2,1-5H3. The number of aryl methyl sites for hydroxylation is 2. The minimum absolute atomic E-state index is 0.0983. The first-order valence-corrected chi connectivity index (χ1v) is 8.04. The molecule has 0 aromatic heterocycles. The Kier molecular flexibility index (Phi) is 7.88. The van der Waals surface area contributed by atoms with Crippen LogP contribution in [0.1, 0.15) is 30.0 Å². The molecule has 1 atom stereocenters. The summed E-state index contributed by atoms with van der Waals surface area (Å²) >= 11 is 0. The van der Waals surface area contributed by atoms with Crippen LogP contribution in [-0.4, -0.2) is 50.0 Å². The fourth-order valence-corrected chi connectivity index (χ4v) is 2.67. The number of rotatable bonds is 8. The van der Waals surface area contributed by atoms with E-state index in [1.54, 1.807) is 6.92 Å². The molecular formula is C18H27NO5. The van der Waals surface area contributed by atoms with Gasteiger partial charge in [-0.3, -0.25) is 9.69 Å². The van der Waals surface area contributed by atoms with Gasteiger partial charge in [-0.25, -0.2) is 4.79 Å². The number of hydrogen-bond acceptors (Lipinski definition) is 5. The molecule has 0 aliphatic rings. The number of methoxy groups -OCH3 is 1. The van der Waals surface area contributed by atoms with Gasteiger partial charge in [-0.05, 0) is 44.4 Å². The van der Waals surface area contributed by atoms with Gasteiger partial charge in [-0.2, -0.15) is 0 Å². The quantitative estimate of drug-likeness (QED) is 0.733. The van der Waals surface area contributed by atoms with Crippen molar-refractivity contribution < 1.29 is 24.2 Å². The highest BCUT2D eigenvalue weighted by atomic mass is 16.5. The van der Waals surface area contributed by atoms with Gasteiger partial charge in [0.05, 0.1) is 12.3 Å². The van der Waals surface area contributed by atoms with E-state index < -0.39 is 12.0 Å². The summed E-state index contributed by atoms with van der Waals surface area (Å²) in [7, 11) is 1.43. The van der Waals surface area contributed by atoms with Crippen LogP contribution in [0.4, 0.5) is 5.69 Å². The summed E-state index contributed by atoms with van der Waals surface area (Å²) in [6.07, 6.45) is 0.0983. The topological polar surface area (TPSA) is 76.1 Å². The maximum Gasteiger partial charge on any atom is 0.329 e. The Morgan fingerprint density at radius 1 is 1.21 bits per heavy atom. The molecule has 6 heteroatoms. The normalized spacial score (nSPS) is 11.9. The van der Waals surface area contributed by atoms with Crippen LogP contribution < -0.4 is 4.90 Å². The number of benzene rings is 1. The Hall–Kier alpha value is -1.92. The third-order valence-corrected chi connectivity index (χ3v) is 3.95. The molecule has 0 bridgehead atoms. The second kappa shape index (κ2) is 9.39. The molecule has 1 aromatic rings.